The lowest BCUT2D eigenvalue weighted by Crippen LogP contribution is -2.44. The van der Waals surface area contributed by atoms with E-state index in [1.807, 2.05) is 43.1 Å². The van der Waals surface area contributed by atoms with Gasteiger partial charge in [0, 0.05) is 33.8 Å². The van der Waals surface area contributed by atoms with E-state index in [0.717, 1.165) is 30.6 Å². The van der Waals surface area contributed by atoms with Crippen LogP contribution in [0.2, 0.25) is 0 Å². The Kier molecular flexibility index (Phi) is 9.69. The first-order valence-electron chi connectivity index (χ1n) is 10.1. The minimum atomic E-state index is -3.36. The topological polar surface area (TPSA) is 92.3 Å². The first kappa shape index (κ1) is 23.4. The Hall–Kier alpha value is -1.84. The number of benzene rings is 1. The van der Waals surface area contributed by atoms with Crippen LogP contribution in [0.1, 0.15) is 24.8 Å². The van der Waals surface area contributed by atoms with Crippen LogP contribution in [0.25, 0.3) is 0 Å². The Bertz CT molecular complexity index is 749. The monoisotopic (exact) mass is 426 g/mol. The van der Waals surface area contributed by atoms with Crippen LogP contribution in [-0.4, -0.2) is 78.1 Å². The van der Waals surface area contributed by atoms with Crippen LogP contribution in [0.5, 0.6) is 5.75 Å². The predicted octanol–water partition coefficient (Wildman–Crippen LogP) is 1.37. The van der Waals surface area contributed by atoms with Crippen molar-refractivity contribution in [1.82, 2.24) is 14.9 Å². The zero-order valence-electron chi connectivity index (χ0n) is 17.7. The number of para-hydroxylation sites is 1. The van der Waals surface area contributed by atoms with Gasteiger partial charge in [-0.05, 0) is 37.8 Å². The third kappa shape index (κ3) is 8.59. The Morgan fingerprint density at radius 3 is 2.83 bits per heavy atom. The summed E-state index contributed by atoms with van der Waals surface area (Å²) in [7, 11) is 0.208. The SMILES string of the molecule is CN=C(NCCS(=O)(=O)NCC1CCCCO1)N(C)CCOc1ccccc1C. The minimum absolute atomic E-state index is 0.0152. The van der Waals surface area contributed by atoms with Crippen molar-refractivity contribution in [2.75, 3.05) is 52.7 Å². The van der Waals surface area contributed by atoms with Crippen molar-refractivity contribution in [1.29, 1.82) is 0 Å². The molecule has 0 bridgehead atoms. The minimum Gasteiger partial charge on any atom is -0.491 e. The molecule has 2 rings (SSSR count). The van der Waals surface area contributed by atoms with Crippen molar-refractivity contribution < 1.29 is 17.9 Å². The highest BCUT2D eigenvalue weighted by Gasteiger charge is 2.18. The smallest absolute Gasteiger partial charge is 0.213 e. The van der Waals surface area contributed by atoms with Gasteiger partial charge < -0.3 is 19.7 Å². The van der Waals surface area contributed by atoms with Crippen LogP contribution in [0.3, 0.4) is 0 Å². The first-order valence-corrected chi connectivity index (χ1v) is 11.8. The molecule has 8 nitrogen and oxygen atoms in total. The molecule has 2 N–H and O–H groups in total. The van der Waals surface area contributed by atoms with E-state index in [1.54, 1.807) is 7.05 Å². The van der Waals surface area contributed by atoms with Gasteiger partial charge in [-0.3, -0.25) is 4.99 Å². The summed E-state index contributed by atoms with van der Waals surface area (Å²) in [4.78, 5) is 6.12. The van der Waals surface area contributed by atoms with Gasteiger partial charge in [0.1, 0.15) is 12.4 Å². The van der Waals surface area contributed by atoms with Gasteiger partial charge in [-0.1, -0.05) is 18.2 Å². The Morgan fingerprint density at radius 2 is 2.14 bits per heavy atom. The van der Waals surface area contributed by atoms with E-state index in [0.29, 0.717) is 32.3 Å². The molecule has 0 aliphatic carbocycles. The highest BCUT2D eigenvalue weighted by atomic mass is 32.2. The predicted molar refractivity (Wildman–Crippen MR) is 116 cm³/mol. The molecular formula is C20H34N4O4S. The number of ether oxygens (including phenoxy) is 2. The van der Waals surface area contributed by atoms with Crippen molar-refractivity contribution in [3.05, 3.63) is 29.8 Å². The summed E-state index contributed by atoms with van der Waals surface area (Å²) < 4.78 is 38.4. The maximum Gasteiger partial charge on any atom is 0.213 e. The lowest BCUT2D eigenvalue weighted by Gasteiger charge is -2.23. The fourth-order valence-corrected chi connectivity index (χ4v) is 4.01. The lowest BCUT2D eigenvalue weighted by molar-refractivity contribution is 0.0200. The molecule has 0 radical (unpaired) electrons. The molecule has 1 heterocycles. The van der Waals surface area contributed by atoms with Gasteiger partial charge in [0.15, 0.2) is 5.96 Å². The molecular weight excluding hydrogens is 392 g/mol. The summed E-state index contributed by atoms with van der Waals surface area (Å²) in [6.07, 6.45) is 3.03. The summed E-state index contributed by atoms with van der Waals surface area (Å²) in [5.74, 6) is 1.47. The van der Waals surface area contributed by atoms with E-state index < -0.39 is 10.0 Å². The number of aliphatic imine (C=N–C) groups is 1. The number of aryl methyl sites for hydroxylation is 1. The van der Waals surface area contributed by atoms with Gasteiger partial charge in [0.05, 0.1) is 18.4 Å². The molecule has 0 amide bonds. The van der Waals surface area contributed by atoms with E-state index in [9.17, 15) is 8.42 Å². The Labute approximate surface area is 174 Å². The number of nitrogens with zero attached hydrogens (tertiary/aromatic N) is 2. The van der Waals surface area contributed by atoms with Gasteiger partial charge in [-0.2, -0.15) is 0 Å². The van der Waals surface area contributed by atoms with E-state index in [2.05, 4.69) is 15.0 Å². The van der Waals surface area contributed by atoms with Crippen LogP contribution >= 0.6 is 0 Å². The third-order valence-corrected chi connectivity index (χ3v) is 6.16. The number of hydrogen-bond acceptors (Lipinski definition) is 5. The second-order valence-electron chi connectivity index (χ2n) is 7.17. The van der Waals surface area contributed by atoms with Crippen molar-refractivity contribution in [3.63, 3.8) is 0 Å². The number of hydrogen-bond donors (Lipinski definition) is 2. The zero-order valence-corrected chi connectivity index (χ0v) is 18.5. The van der Waals surface area contributed by atoms with Crippen LogP contribution < -0.4 is 14.8 Å². The average Bonchev–Trinajstić information content (AvgIpc) is 2.72. The second kappa shape index (κ2) is 12.0. The number of sulfonamides is 1. The number of rotatable bonds is 10. The number of guanidine groups is 1. The van der Waals surface area contributed by atoms with Crippen LogP contribution in [0.4, 0.5) is 0 Å². The van der Waals surface area contributed by atoms with E-state index in [-0.39, 0.29) is 18.4 Å². The van der Waals surface area contributed by atoms with Crippen molar-refractivity contribution in [2.45, 2.75) is 32.3 Å². The molecule has 0 saturated carbocycles. The fraction of sp³-hybridized carbons (Fsp3) is 0.650. The maximum absolute atomic E-state index is 12.2. The van der Waals surface area contributed by atoms with E-state index in [4.69, 9.17) is 9.47 Å². The molecule has 1 aromatic rings. The summed E-state index contributed by atoms with van der Waals surface area (Å²) in [5, 5.41) is 3.09. The van der Waals surface area contributed by atoms with Crippen LogP contribution in [0.15, 0.2) is 29.3 Å². The molecule has 9 heteroatoms. The molecule has 1 fully saturated rings. The van der Waals surface area contributed by atoms with Crippen molar-refractivity contribution >= 4 is 16.0 Å². The summed E-state index contributed by atoms with van der Waals surface area (Å²) in [6.45, 7) is 4.46. The Balaban J connectivity index is 1.68. The largest absolute Gasteiger partial charge is 0.491 e. The molecule has 0 aromatic heterocycles. The molecule has 1 atom stereocenters. The Morgan fingerprint density at radius 1 is 1.34 bits per heavy atom. The van der Waals surface area contributed by atoms with Gasteiger partial charge in [0.25, 0.3) is 0 Å². The molecule has 1 aliphatic heterocycles. The number of likely N-dealkylation sites (N-methyl/N-ethyl adjacent to an activating group) is 1. The summed E-state index contributed by atoms with van der Waals surface area (Å²) >= 11 is 0. The highest BCUT2D eigenvalue weighted by molar-refractivity contribution is 7.89. The fourth-order valence-electron chi connectivity index (χ4n) is 3.06. The van der Waals surface area contributed by atoms with Crippen molar-refractivity contribution in [3.8, 4) is 5.75 Å². The zero-order chi connectivity index (χ0) is 21.1. The molecule has 1 aromatic carbocycles. The molecule has 1 unspecified atom stereocenters. The standard InChI is InChI=1S/C20H34N4O4S/c1-17-8-4-5-10-19(17)28-14-12-24(3)20(21-2)22-11-15-29(25,26)23-16-18-9-6-7-13-27-18/h4-5,8,10,18,23H,6-7,9,11-16H2,1-3H3,(H,21,22). The molecule has 1 saturated heterocycles. The first-order chi connectivity index (χ1) is 13.9. The average molecular weight is 427 g/mol. The highest BCUT2D eigenvalue weighted by Crippen LogP contribution is 2.15. The van der Waals surface area contributed by atoms with Crippen molar-refractivity contribution in [2.24, 2.45) is 4.99 Å². The van der Waals surface area contributed by atoms with Gasteiger partial charge in [0.2, 0.25) is 10.0 Å². The maximum atomic E-state index is 12.2. The lowest BCUT2D eigenvalue weighted by atomic mass is 10.1. The van der Waals surface area contributed by atoms with Crippen LogP contribution in [0, 0.1) is 6.92 Å². The van der Waals surface area contributed by atoms with Gasteiger partial charge in [-0.15, -0.1) is 0 Å². The van der Waals surface area contributed by atoms with Crippen LogP contribution in [-0.2, 0) is 14.8 Å². The second-order valence-corrected chi connectivity index (χ2v) is 9.09. The third-order valence-electron chi connectivity index (χ3n) is 4.81. The van der Waals surface area contributed by atoms with E-state index >= 15 is 0 Å². The summed E-state index contributed by atoms with van der Waals surface area (Å²) in [6, 6.07) is 7.87. The van der Waals surface area contributed by atoms with Gasteiger partial charge >= 0.3 is 0 Å². The molecule has 29 heavy (non-hydrogen) atoms. The normalized spacial score (nSPS) is 17.8. The molecule has 1 aliphatic rings. The molecule has 164 valence electrons. The number of nitrogens with one attached hydrogen (secondary N) is 2. The summed E-state index contributed by atoms with van der Waals surface area (Å²) in [5.41, 5.74) is 1.09. The van der Waals surface area contributed by atoms with E-state index in [1.165, 1.54) is 0 Å². The molecule has 0 spiro atoms. The van der Waals surface area contributed by atoms with Gasteiger partial charge in [-0.25, -0.2) is 13.1 Å². The quantitative estimate of drug-likeness (QED) is 0.434.